The summed E-state index contributed by atoms with van der Waals surface area (Å²) in [6.45, 7) is 2.44. The molecule has 12 heavy (non-hydrogen) atoms. The minimum Gasteiger partial charge on any atom is -0.392 e. The second-order valence-corrected chi connectivity index (χ2v) is 3.77. The summed E-state index contributed by atoms with van der Waals surface area (Å²) in [6.07, 6.45) is 2.39. The van der Waals surface area contributed by atoms with Gasteiger partial charge in [0, 0.05) is 0 Å². The van der Waals surface area contributed by atoms with Crippen LogP contribution in [0.3, 0.4) is 0 Å². The molecule has 0 spiro atoms. The van der Waals surface area contributed by atoms with E-state index in [1.165, 1.54) is 24.0 Å². The van der Waals surface area contributed by atoms with Crippen LogP contribution in [0.25, 0.3) is 0 Å². The summed E-state index contributed by atoms with van der Waals surface area (Å²) in [7, 11) is 0. The molecule has 0 aliphatic heterocycles. The van der Waals surface area contributed by atoms with Crippen molar-refractivity contribution in [3.8, 4) is 0 Å². The largest absolute Gasteiger partial charge is 0.392 e. The van der Waals surface area contributed by atoms with Gasteiger partial charge >= 0.3 is 0 Å². The van der Waals surface area contributed by atoms with Crippen LogP contribution in [0.2, 0.25) is 0 Å². The lowest BCUT2D eigenvalue weighted by atomic mass is 10.1. The Balaban J connectivity index is 2.35. The molecule has 0 bridgehead atoms. The van der Waals surface area contributed by atoms with E-state index in [1.807, 2.05) is 6.07 Å². The van der Waals surface area contributed by atoms with Gasteiger partial charge < -0.3 is 5.11 Å². The van der Waals surface area contributed by atoms with Gasteiger partial charge in [-0.1, -0.05) is 25.1 Å². The number of aliphatic hydroxyl groups is 1. The van der Waals surface area contributed by atoms with Crippen molar-refractivity contribution < 1.29 is 5.11 Å². The predicted molar refractivity (Wildman–Crippen MR) is 48.9 cm³/mol. The quantitative estimate of drug-likeness (QED) is 0.668. The highest BCUT2D eigenvalue weighted by atomic mass is 16.3. The van der Waals surface area contributed by atoms with E-state index in [4.69, 9.17) is 5.11 Å². The third-order valence-corrected chi connectivity index (χ3v) is 2.59. The number of hydrogen-bond acceptors (Lipinski definition) is 1. The molecule has 1 unspecified atom stereocenters. The van der Waals surface area contributed by atoms with Gasteiger partial charge in [0.25, 0.3) is 0 Å². The fourth-order valence-corrected chi connectivity index (χ4v) is 1.99. The molecule has 0 fully saturated rings. The fraction of sp³-hybridized carbons (Fsp3) is 0.455. The monoisotopic (exact) mass is 162 g/mol. The zero-order valence-electron chi connectivity index (χ0n) is 7.38. The first-order valence-electron chi connectivity index (χ1n) is 4.51. The van der Waals surface area contributed by atoms with Crippen LogP contribution in [0.4, 0.5) is 0 Å². The molecular formula is C11H14O. The second kappa shape index (κ2) is 2.91. The molecule has 0 heterocycles. The minimum atomic E-state index is 0.168. The Morgan fingerprint density at radius 3 is 2.83 bits per heavy atom. The van der Waals surface area contributed by atoms with E-state index in [2.05, 4.69) is 19.1 Å². The number of rotatable bonds is 1. The van der Waals surface area contributed by atoms with Crippen molar-refractivity contribution in [1.82, 2.24) is 0 Å². The van der Waals surface area contributed by atoms with Crippen molar-refractivity contribution in [3.63, 3.8) is 0 Å². The van der Waals surface area contributed by atoms with Gasteiger partial charge in [-0.05, 0) is 35.4 Å². The van der Waals surface area contributed by atoms with Crippen LogP contribution in [0, 0.1) is 5.92 Å². The minimum absolute atomic E-state index is 0.168. The molecule has 1 heteroatoms. The fourth-order valence-electron chi connectivity index (χ4n) is 1.99. The SMILES string of the molecule is CC1Cc2ccc(CO)cc2C1. The Kier molecular flexibility index (Phi) is 1.89. The molecule has 1 atom stereocenters. The number of fused-ring (bicyclic) bond motifs is 1. The zero-order chi connectivity index (χ0) is 8.55. The molecule has 1 nitrogen and oxygen atoms in total. The van der Waals surface area contributed by atoms with Gasteiger partial charge in [0.15, 0.2) is 0 Å². The van der Waals surface area contributed by atoms with Crippen LogP contribution in [0.15, 0.2) is 18.2 Å². The third-order valence-electron chi connectivity index (χ3n) is 2.59. The first kappa shape index (κ1) is 7.81. The van der Waals surface area contributed by atoms with Crippen molar-refractivity contribution in [2.45, 2.75) is 26.4 Å². The van der Waals surface area contributed by atoms with Crippen LogP contribution in [0.1, 0.15) is 23.6 Å². The van der Waals surface area contributed by atoms with E-state index >= 15 is 0 Å². The predicted octanol–water partition coefficient (Wildman–Crippen LogP) is 1.91. The molecule has 0 aromatic heterocycles. The van der Waals surface area contributed by atoms with E-state index < -0.39 is 0 Å². The lowest BCUT2D eigenvalue weighted by molar-refractivity contribution is 0.281. The van der Waals surface area contributed by atoms with E-state index in [0.717, 1.165) is 11.5 Å². The molecule has 2 rings (SSSR count). The number of hydrogen-bond donors (Lipinski definition) is 1. The molecule has 1 aromatic rings. The first-order valence-corrected chi connectivity index (χ1v) is 4.51. The Morgan fingerprint density at radius 2 is 2.08 bits per heavy atom. The molecular weight excluding hydrogens is 148 g/mol. The van der Waals surface area contributed by atoms with Gasteiger partial charge in [-0.15, -0.1) is 0 Å². The van der Waals surface area contributed by atoms with Crippen LogP contribution in [0.5, 0.6) is 0 Å². The maximum absolute atomic E-state index is 8.93. The van der Waals surface area contributed by atoms with Crippen LogP contribution < -0.4 is 0 Å². The highest BCUT2D eigenvalue weighted by Crippen LogP contribution is 2.26. The molecule has 0 saturated heterocycles. The standard InChI is InChI=1S/C11H14O/c1-8-4-10-3-2-9(7-12)6-11(10)5-8/h2-3,6,8,12H,4-5,7H2,1H3. The third kappa shape index (κ3) is 1.25. The Bertz CT molecular complexity index is 291. The maximum Gasteiger partial charge on any atom is 0.0681 e. The molecule has 1 aliphatic rings. The molecule has 0 radical (unpaired) electrons. The average molecular weight is 162 g/mol. The highest BCUT2D eigenvalue weighted by Gasteiger charge is 2.17. The summed E-state index contributed by atoms with van der Waals surface area (Å²) >= 11 is 0. The van der Waals surface area contributed by atoms with E-state index in [9.17, 15) is 0 Å². The van der Waals surface area contributed by atoms with Crippen LogP contribution in [-0.2, 0) is 19.4 Å². The lowest BCUT2D eigenvalue weighted by Gasteiger charge is -2.00. The first-order chi connectivity index (χ1) is 5.79. The van der Waals surface area contributed by atoms with Gasteiger partial charge in [-0.25, -0.2) is 0 Å². The van der Waals surface area contributed by atoms with Gasteiger partial charge in [0.05, 0.1) is 6.61 Å². The summed E-state index contributed by atoms with van der Waals surface area (Å²) in [5, 5.41) is 8.93. The Morgan fingerprint density at radius 1 is 1.33 bits per heavy atom. The molecule has 0 saturated carbocycles. The van der Waals surface area contributed by atoms with Crippen LogP contribution in [-0.4, -0.2) is 5.11 Å². The van der Waals surface area contributed by atoms with Gasteiger partial charge in [0.1, 0.15) is 0 Å². The van der Waals surface area contributed by atoms with Crippen molar-refractivity contribution in [2.24, 2.45) is 5.92 Å². The normalized spacial score (nSPS) is 21.0. The van der Waals surface area contributed by atoms with Crippen molar-refractivity contribution >= 4 is 0 Å². The molecule has 0 amide bonds. The number of aliphatic hydroxyl groups excluding tert-OH is 1. The van der Waals surface area contributed by atoms with Crippen molar-refractivity contribution in [2.75, 3.05) is 0 Å². The molecule has 1 aromatic carbocycles. The van der Waals surface area contributed by atoms with Crippen molar-refractivity contribution in [3.05, 3.63) is 34.9 Å². The zero-order valence-corrected chi connectivity index (χ0v) is 7.38. The number of benzene rings is 1. The average Bonchev–Trinajstić information content (AvgIpc) is 2.43. The summed E-state index contributed by atoms with van der Waals surface area (Å²) in [4.78, 5) is 0. The smallest absolute Gasteiger partial charge is 0.0681 e. The van der Waals surface area contributed by atoms with Gasteiger partial charge in [-0.2, -0.15) is 0 Å². The van der Waals surface area contributed by atoms with E-state index in [-0.39, 0.29) is 6.61 Å². The lowest BCUT2D eigenvalue weighted by Crippen LogP contribution is -1.89. The highest BCUT2D eigenvalue weighted by molar-refractivity contribution is 5.35. The van der Waals surface area contributed by atoms with Crippen molar-refractivity contribution in [1.29, 1.82) is 0 Å². The van der Waals surface area contributed by atoms with E-state index in [1.54, 1.807) is 0 Å². The summed E-state index contributed by atoms with van der Waals surface area (Å²) in [5.74, 6) is 0.786. The maximum atomic E-state index is 8.93. The van der Waals surface area contributed by atoms with Gasteiger partial charge in [0.2, 0.25) is 0 Å². The Labute approximate surface area is 73.0 Å². The summed E-state index contributed by atoms with van der Waals surface area (Å²) in [5.41, 5.74) is 3.96. The van der Waals surface area contributed by atoms with E-state index in [0.29, 0.717) is 0 Å². The van der Waals surface area contributed by atoms with Crippen LogP contribution >= 0.6 is 0 Å². The second-order valence-electron chi connectivity index (χ2n) is 3.77. The van der Waals surface area contributed by atoms with Gasteiger partial charge in [-0.3, -0.25) is 0 Å². The topological polar surface area (TPSA) is 20.2 Å². The molecule has 1 N–H and O–H groups in total. The molecule has 64 valence electrons. The summed E-state index contributed by atoms with van der Waals surface area (Å²) in [6, 6.07) is 6.32. The Hall–Kier alpha value is -0.820. The molecule has 1 aliphatic carbocycles. The summed E-state index contributed by atoms with van der Waals surface area (Å²) < 4.78 is 0.